The van der Waals surface area contributed by atoms with Gasteiger partial charge in [0, 0.05) is 12.8 Å². The summed E-state index contributed by atoms with van der Waals surface area (Å²) in [7, 11) is 0. The van der Waals surface area contributed by atoms with Crippen LogP contribution in [0, 0.1) is 17.3 Å². The van der Waals surface area contributed by atoms with Crippen LogP contribution >= 0.6 is 0 Å². The van der Waals surface area contributed by atoms with Gasteiger partial charge in [0.05, 0.1) is 5.60 Å². The van der Waals surface area contributed by atoms with E-state index in [2.05, 4.69) is 20.8 Å². The molecule has 2 nitrogen and oxygen atoms in total. The number of hydrogen-bond donors (Lipinski definition) is 1. The van der Waals surface area contributed by atoms with E-state index in [1.54, 1.807) is 0 Å². The predicted octanol–water partition coefficient (Wildman–Crippen LogP) is 2.70. The van der Waals surface area contributed by atoms with Crippen molar-refractivity contribution in [3.05, 3.63) is 0 Å². The van der Waals surface area contributed by atoms with E-state index in [9.17, 15) is 5.11 Å². The molecule has 0 unspecified atom stereocenters. The molecule has 0 radical (unpaired) electrons. The van der Waals surface area contributed by atoms with Gasteiger partial charge >= 0.3 is 0 Å². The van der Waals surface area contributed by atoms with Crippen LogP contribution in [-0.4, -0.2) is 16.5 Å². The van der Waals surface area contributed by atoms with Gasteiger partial charge in [0.2, 0.25) is 0 Å². The molecule has 4 bridgehead atoms. The molecule has 0 spiro atoms. The molecule has 2 atom stereocenters. The lowest BCUT2D eigenvalue weighted by molar-refractivity contribution is -0.376. The Morgan fingerprint density at radius 3 is 2.00 bits per heavy atom. The number of rotatable bonds is 0. The molecule has 2 aliphatic heterocycles. The van der Waals surface area contributed by atoms with Gasteiger partial charge in [-0.25, -0.2) is 0 Å². The van der Waals surface area contributed by atoms with Crippen molar-refractivity contribution in [2.75, 3.05) is 0 Å². The summed E-state index contributed by atoms with van der Waals surface area (Å²) in [5.74, 6) is 0.628. The van der Waals surface area contributed by atoms with Crippen molar-refractivity contribution >= 4 is 0 Å². The van der Waals surface area contributed by atoms with Crippen LogP contribution in [0.3, 0.4) is 0 Å². The fourth-order valence-electron chi connectivity index (χ4n) is 4.25. The Labute approximate surface area is 92.0 Å². The zero-order valence-corrected chi connectivity index (χ0v) is 10.0. The second kappa shape index (κ2) is 2.60. The second-order valence-corrected chi connectivity index (χ2v) is 7.08. The highest BCUT2D eigenvalue weighted by atomic mass is 16.6. The standard InChI is InChI=1S/C13H22O2/c1-11(2,3)12-5-9-4-10(6-12)8-13(14,7-9)15-12/h9-10,14H,4-8H2,1-3H3/t9-,10-,12?,13?/m1/s1. The van der Waals surface area contributed by atoms with Gasteiger partial charge in [-0.1, -0.05) is 20.8 Å². The average Bonchev–Trinajstić information content (AvgIpc) is 1.95. The normalized spacial score (nSPS) is 53.6. The number of aliphatic hydroxyl groups is 1. The van der Waals surface area contributed by atoms with E-state index in [1.165, 1.54) is 6.42 Å². The van der Waals surface area contributed by atoms with Gasteiger partial charge < -0.3 is 9.84 Å². The third kappa shape index (κ3) is 1.31. The lowest BCUT2D eigenvalue weighted by atomic mass is 9.55. The first kappa shape index (κ1) is 10.1. The lowest BCUT2D eigenvalue weighted by Gasteiger charge is -2.63. The van der Waals surface area contributed by atoms with Crippen LogP contribution in [0.4, 0.5) is 0 Å². The first-order valence-electron chi connectivity index (χ1n) is 6.25. The Morgan fingerprint density at radius 1 is 1.07 bits per heavy atom. The highest BCUT2D eigenvalue weighted by Crippen LogP contribution is 2.61. The maximum atomic E-state index is 10.4. The minimum absolute atomic E-state index is 0.0498. The molecular weight excluding hydrogens is 188 g/mol. The van der Waals surface area contributed by atoms with E-state index in [1.807, 2.05) is 0 Å². The Morgan fingerprint density at radius 2 is 1.60 bits per heavy atom. The Kier molecular flexibility index (Phi) is 1.75. The van der Waals surface area contributed by atoms with Gasteiger partial charge in [-0.15, -0.1) is 0 Å². The number of ether oxygens (including phenoxy) is 1. The van der Waals surface area contributed by atoms with E-state index in [0.29, 0.717) is 11.8 Å². The van der Waals surface area contributed by atoms with E-state index < -0.39 is 5.79 Å². The minimum Gasteiger partial charge on any atom is -0.365 e. The van der Waals surface area contributed by atoms with E-state index in [0.717, 1.165) is 25.7 Å². The molecule has 0 aromatic rings. The van der Waals surface area contributed by atoms with Gasteiger partial charge in [0.1, 0.15) is 0 Å². The van der Waals surface area contributed by atoms with Crippen molar-refractivity contribution in [3.63, 3.8) is 0 Å². The van der Waals surface area contributed by atoms with Gasteiger partial charge in [-0.3, -0.25) is 0 Å². The van der Waals surface area contributed by atoms with Crippen LogP contribution in [0.15, 0.2) is 0 Å². The monoisotopic (exact) mass is 210 g/mol. The van der Waals surface area contributed by atoms with E-state index in [-0.39, 0.29) is 11.0 Å². The summed E-state index contributed by atoms with van der Waals surface area (Å²) in [5.41, 5.74) is 0.102. The molecule has 1 N–H and O–H groups in total. The SMILES string of the molecule is CC(C)(C)C12C[C@H]3C[C@@H](CC(O)(C3)O1)C2. The maximum Gasteiger partial charge on any atom is 0.166 e. The van der Waals surface area contributed by atoms with Crippen molar-refractivity contribution in [3.8, 4) is 0 Å². The van der Waals surface area contributed by atoms with Crippen LogP contribution in [0.2, 0.25) is 0 Å². The fourth-order valence-corrected chi connectivity index (χ4v) is 4.25. The molecule has 86 valence electrons. The van der Waals surface area contributed by atoms with Gasteiger partial charge in [0.15, 0.2) is 5.79 Å². The van der Waals surface area contributed by atoms with Gasteiger partial charge in [0.25, 0.3) is 0 Å². The topological polar surface area (TPSA) is 29.5 Å². The first-order chi connectivity index (χ1) is 6.82. The van der Waals surface area contributed by atoms with Crippen LogP contribution in [0.5, 0.6) is 0 Å². The average molecular weight is 210 g/mol. The molecule has 0 aromatic heterocycles. The second-order valence-electron chi connectivity index (χ2n) is 7.08. The molecule has 2 saturated carbocycles. The summed E-state index contributed by atoms with van der Waals surface area (Å²) in [5, 5.41) is 10.4. The van der Waals surface area contributed by atoms with Gasteiger partial charge in [-0.2, -0.15) is 0 Å². The van der Waals surface area contributed by atoms with Crippen LogP contribution < -0.4 is 0 Å². The smallest absolute Gasteiger partial charge is 0.166 e. The summed E-state index contributed by atoms with van der Waals surface area (Å²) < 4.78 is 6.12. The van der Waals surface area contributed by atoms with Crippen molar-refractivity contribution in [2.24, 2.45) is 17.3 Å². The molecule has 4 aliphatic rings. The summed E-state index contributed by atoms with van der Waals surface area (Å²) in [4.78, 5) is 0. The Hall–Kier alpha value is -0.0800. The van der Waals surface area contributed by atoms with Gasteiger partial charge in [-0.05, 0) is 36.5 Å². The first-order valence-corrected chi connectivity index (χ1v) is 6.25. The zero-order valence-electron chi connectivity index (χ0n) is 10.0. The quantitative estimate of drug-likeness (QED) is 0.666. The van der Waals surface area contributed by atoms with Crippen LogP contribution in [0.1, 0.15) is 52.9 Å². The molecule has 2 aliphatic carbocycles. The summed E-state index contributed by atoms with van der Waals surface area (Å²) >= 11 is 0. The highest BCUT2D eigenvalue weighted by molar-refractivity contribution is 5.08. The molecule has 4 rings (SSSR count). The maximum absolute atomic E-state index is 10.4. The van der Waals surface area contributed by atoms with Crippen molar-refractivity contribution in [1.29, 1.82) is 0 Å². The molecule has 15 heavy (non-hydrogen) atoms. The van der Waals surface area contributed by atoms with E-state index >= 15 is 0 Å². The summed E-state index contributed by atoms with van der Waals surface area (Å²) in [6, 6.07) is 0. The van der Waals surface area contributed by atoms with Crippen molar-refractivity contribution in [1.82, 2.24) is 0 Å². The third-order valence-electron chi connectivity index (χ3n) is 4.87. The van der Waals surface area contributed by atoms with Crippen molar-refractivity contribution < 1.29 is 9.84 Å². The Balaban J connectivity index is 2.00. The molecular formula is C13H22O2. The predicted molar refractivity (Wildman–Crippen MR) is 58.3 cm³/mol. The van der Waals surface area contributed by atoms with Crippen LogP contribution in [0.25, 0.3) is 0 Å². The van der Waals surface area contributed by atoms with E-state index in [4.69, 9.17) is 4.74 Å². The minimum atomic E-state index is -0.780. The molecule has 2 heterocycles. The lowest BCUT2D eigenvalue weighted by Crippen LogP contribution is -2.65. The molecule has 2 heteroatoms. The molecule has 0 aromatic carbocycles. The Bertz CT molecular complexity index is 275. The fraction of sp³-hybridized carbons (Fsp3) is 1.00. The van der Waals surface area contributed by atoms with Crippen LogP contribution in [-0.2, 0) is 4.74 Å². The molecule has 0 amide bonds. The van der Waals surface area contributed by atoms with Crippen molar-refractivity contribution in [2.45, 2.75) is 64.3 Å². The molecule has 4 fully saturated rings. The zero-order chi connectivity index (χ0) is 10.9. The molecule has 2 saturated heterocycles. The number of hydrogen-bond acceptors (Lipinski definition) is 2. The highest BCUT2D eigenvalue weighted by Gasteiger charge is 2.61. The summed E-state index contributed by atoms with van der Waals surface area (Å²) in [6.45, 7) is 6.76. The third-order valence-corrected chi connectivity index (χ3v) is 4.87. The largest absolute Gasteiger partial charge is 0.365 e. The summed E-state index contributed by atoms with van der Waals surface area (Å²) in [6.07, 6.45) is 5.40.